The predicted octanol–water partition coefficient (Wildman–Crippen LogP) is 0.951. The van der Waals surface area contributed by atoms with Crippen LogP contribution in [0.1, 0.15) is 16.7 Å². The van der Waals surface area contributed by atoms with Gasteiger partial charge in [-0.05, 0) is 73.1 Å². The zero-order chi connectivity index (χ0) is 38.0. The third-order valence-corrected chi connectivity index (χ3v) is 5.22. The summed E-state index contributed by atoms with van der Waals surface area (Å²) in [6, 6.07) is 20.6. The Morgan fingerprint density at radius 3 is 0.981 bits per heavy atom. The molecule has 12 N–H and O–H groups in total. The van der Waals surface area contributed by atoms with Crippen LogP contribution in [0, 0.1) is 49.4 Å². The maximum absolute atomic E-state index is 10.4. The zero-order valence-corrected chi connectivity index (χ0v) is 31.6. The van der Waals surface area contributed by atoms with Crippen LogP contribution in [-0.4, -0.2) is 87.0 Å². The molecule has 0 amide bonds. The normalized spacial score (nSPS) is 9.92. The van der Waals surface area contributed by atoms with Crippen LogP contribution in [0.2, 0.25) is 0 Å². The molecule has 0 fully saturated rings. The van der Waals surface area contributed by atoms with Crippen LogP contribution in [0.3, 0.4) is 0 Å². The van der Waals surface area contributed by atoms with Crippen LogP contribution in [0.5, 0.6) is 17.2 Å². The van der Waals surface area contributed by atoms with Gasteiger partial charge in [-0.1, -0.05) is 36.4 Å². The second-order valence-corrected chi connectivity index (χ2v) is 10.2. The van der Waals surface area contributed by atoms with E-state index in [-0.39, 0.29) is 64.7 Å². The SMILES string of the molecule is NC(=S)N/N=C/c1ccccc1OCC(=O)O.NC(=S)N/N=C/c1ccccc1OCC(=O)O.NC(=S)N/N=C/c1ccccc1OCC(=O)O.[Eu]. The topological polar surface area (TPSA) is 291 Å². The van der Waals surface area contributed by atoms with Crippen molar-refractivity contribution in [3.8, 4) is 17.2 Å². The van der Waals surface area contributed by atoms with Crippen molar-refractivity contribution < 1.29 is 93.3 Å². The average molecular weight is 912 g/mol. The number of carbonyl (C=O) groups is 3. The number of carboxylic acids is 3. The van der Waals surface area contributed by atoms with Gasteiger partial charge in [-0.25, -0.2) is 14.4 Å². The van der Waals surface area contributed by atoms with Gasteiger partial charge in [-0.15, -0.1) is 0 Å². The Morgan fingerprint density at radius 2 is 0.769 bits per heavy atom. The molecule has 0 heterocycles. The quantitative estimate of drug-likeness (QED) is 0.0583. The first kappa shape index (κ1) is 47.1. The molecule has 3 aromatic rings. The minimum atomic E-state index is -1.04. The Bertz CT molecular complexity index is 1550. The van der Waals surface area contributed by atoms with E-state index in [4.69, 9.17) is 46.7 Å². The Balaban J connectivity index is 0.000000743. The van der Waals surface area contributed by atoms with Gasteiger partial charge in [0.1, 0.15) is 17.2 Å². The summed E-state index contributed by atoms with van der Waals surface area (Å²) in [6.07, 6.45) is 4.32. The number of benzene rings is 3. The van der Waals surface area contributed by atoms with Gasteiger partial charge >= 0.3 is 17.9 Å². The molecule has 0 spiro atoms. The first-order valence-electron chi connectivity index (χ1n) is 13.8. The van der Waals surface area contributed by atoms with Gasteiger partial charge in [0.2, 0.25) is 0 Å². The first-order valence-corrected chi connectivity index (χ1v) is 15.1. The van der Waals surface area contributed by atoms with Crippen molar-refractivity contribution in [2.75, 3.05) is 19.8 Å². The monoisotopic (exact) mass is 912 g/mol. The summed E-state index contributed by atoms with van der Waals surface area (Å²) in [6.45, 7) is -1.23. The molecule has 0 aliphatic rings. The largest absolute Gasteiger partial charge is 0.481 e. The molecule has 3 aromatic carbocycles. The molecule has 0 aliphatic heterocycles. The van der Waals surface area contributed by atoms with Crippen molar-refractivity contribution in [3.63, 3.8) is 0 Å². The van der Waals surface area contributed by atoms with Crippen LogP contribution in [-0.2, 0) is 14.4 Å². The maximum Gasteiger partial charge on any atom is 0.341 e. The number of hydrazone groups is 3. The van der Waals surface area contributed by atoms with Gasteiger partial charge in [0.15, 0.2) is 35.2 Å². The van der Waals surface area contributed by atoms with Crippen molar-refractivity contribution in [2.45, 2.75) is 0 Å². The fraction of sp³-hybridized carbons (Fsp3) is 0.100. The number of nitrogens with zero attached hydrogens (tertiary/aromatic N) is 3. The molecule has 52 heavy (non-hydrogen) atoms. The van der Waals surface area contributed by atoms with Crippen LogP contribution in [0.4, 0.5) is 0 Å². The molecule has 0 atom stereocenters. The van der Waals surface area contributed by atoms with Crippen LogP contribution >= 0.6 is 36.7 Å². The summed E-state index contributed by atoms with van der Waals surface area (Å²) in [5, 5.41) is 36.9. The summed E-state index contributed by atoms with van der Waals surface area (Å²) in [5.41, 5.74) is 24.6. The molecule has 0 unspecified atom stereocenters. The summed E-state index contributed by atoms with van der Waals surface area (Å²) in [7, 11) is 0. The average Bonchev–Trinajstić information content (AvgIpc) is 3.07. The minimum absolute atomic E-state index is 0. The molecule has 0 saturated heterocycles. The number of nitrogens with two attached hydrogens (primary N) is 3. The van der Waals surface area contributed by atoms with Crippen molar-refractivity contribution in [1.82, 2.24) is 16.3 Å². The van der Waals surface area contributed by atoms with E-state index in [1.807, 2.05) is 0 Å². The van der Waals surface area contributed by atoms with E-state index in [1.165, 1.54) is 18.6 Å². The number of aliphatic carboxylic acids is 3. The third-order valence-electron chi connectivity index (χ3n) is 4.95. The van der Waals surface area contributed by atoms with Gasteiger partial charge in [-0.3, -0.25) is 16.3 Å². The van der Waals surface area contributed by atoms with Crippen LogP contribution < -0.4 is 47.7 Å². The Labute approximate surface area is 354 Å². The number of carboxylic acid groups (broad SMARTS) is 3. The summed E-state index contributed by atoms with van der Waals surface area (Å²) < 4.78 is 15.2. The molecule has 0 saturated carbocycles. The van der Waals surface area contributed by atoms with E-state index in [9.17, 15) is 14.4 Å². The smallest absolute Gasteiger partial charge is 0.341 e. The predicted molar refractivity (Wildman–Crippen MR) is 201 cm³/mol. The standard InChI is InChI=1S/3C10H11N3O3S.Eu/c3*11-10(17)13-12-5-7-3-1-2-4-8(7)16-6-9(14)15;/h3*1-5H,6H2,(H,14,15)(H3,11,13,17);/b3*12-5+;. The van der Waals surface area contributed by atoms with Crippen molar-refractivity contribution in [3.05, 3.63) is 89.5 Å². The third kappa shape index (κ3) is 23.5. The van der Waals surface area contributed by atoms with Crippen LogP contribution in [0.25, 0.3) is 0 Å². The number of nitrogens with one attached hydrogen (secondary N) is 3. The molecule has 0 aliphatic carbocycles. The Kier molecular flexibility index (Phi) is 25.2. The van der Waals surface area contributed by atoms with Gasteiger partial charge in [0.25, 0.3) is 0 Å². The van der Waals surface area contributed by atoms with E-state index < -0.39 is 37.7 Å². The van der Waals surface area contributed by atoms with Gasteiger partial charge in [0, 0.05) is 66.1 Å². The molecule has 3 rings (SSSR count). The number of para-hydroxylation sites is 3. The van der Waals surface area contributed by atoms with Gasteiger partial charge in [-0.2, -0.15) is 15.3 Å². The van der Waals surface area contributed by atoms with E-state index >= 15 is 0 Å². The molecule has 1 radical (unpaired) electrons. The second-order valence-electron chi connectivity index (χ2n) is 8.86. The van der Waals surface area contributed by atoms with E-state index in [2.05, 4.69) is 68.2 Å². The number of hydrogen-bond donors (Lipinski definition) is 9. The number of thiocarbonyl (C=S) groups is 3. The molecule has 18 nitrogen and oxygen atoms in total. The number of hydrogen-bond acceptors (Lipinski definition) is 12. The minimum Gasteiger partial charge on any atom is -0.481 e. The molecule has 277 valence electrons. The van der Waals surface area contributed by atoms with E-state index in [0.29, 0.717) is 33.9 Å². The fourth-order valence-electron chi connectivity index (χ4n) is 3.07. The van der Waals surface area contributed by atoms with E-state index in [1.54, 1.807) is 72.8 Å². The zero-order valence-electron chi connectivity index (χ0n) is 26.7. The van der Waals surface area contributed by atoms with Gasteiger partial charge in [0.05, 0.1) is 18.6 Å². The fourth-order valence-corrected chi connectivity index (χ4v) is 3.23. The van der Waals surface area contributed by atoms with Crippen molar-refractivity contribution >= 4 is 88.5 Å². The molecule has 0 bridgehead atoms. The summed E-state index contributed by atoms with van der Waals surface area (Å²) in [5.74, 6) is -1.87. The molecule has 22 heteroatoms. The van der Waals surface area contributed by atoms with Gasteiger partial charge < -0.3 is 46.7 Å². The molecular formula is C30H33EuN9O9S3. The number of rotatable bonds is 15. The van der Waals surface area contributed by atoms with Crippen molar-refractivity contribution in [2.24, 2.45) is 32.5 Å². The summed E-state index contributed by atoms with van der Waals surface area (Å²) in [4.78, 5) is 31.1. The number of ether oxygens (including phenoxy) is 3. The van der Waals surface area contributed by atoms with Crippen LogP contribution in [0.15, 0.2) is 88.1 Å². The van der Waals surface area contributed by atoms with E-state index in [0.717, 1.165) is 0 Å². The Hall–Kier alpha value is -4.87. The van der Waals surface area contributed by atoms with Crippen molar-refractivity contribution in [1.29, 1.82) is 0 Å². The molecule has 0 aromatic heterocycles. The maximum atomic E-state index is 10.4. The first-order chi connectivity index (χ1) is 24.3. The molecular weight excluding hydrogens is 879 g/mol. The Morgan fingerprint density at radius 1 is 0.538 bits per heavy atom. The second kappa shape index (κ2) is 27.8. The summed E-state index contributed by atoms with van der Waals surface area (Å²) >= 11 is 13.7.